The van der Waals surface area contributed by atoms with E-state index in [-0.39, 0.29) is 6.04 Å². The van der Waals surface area contributed by atoms with Crippen LogP contribution in [0.15, 0.2) is 165 Å². The number of hydrogen-bond donors (Lipinski definition) is 1. The minimum Gasteiger partial charge on any atom is -0.332 e. The van der Waals surface area contributed by atoms with Crippen LogP contribution in [0.3, 0.4) is 0 Å². The van der Waals surface area contributed by atoms with Crippen LogP contribution in [0.25, 0.3) is 44.1 Å². The number of hydrogen-bond acceptors (Lipinski definition) is 2. The zero-order valence-electron chi connectivity index (χ0n) is 29.2. The van der Waals surface area contributed by atoms with Gasteiger partial charge >= 0.3 is 0 Å². The van der Waals surface area contributed by atoms with Crippen LogP contribution in [-0.4, -0.2) is 20.9 Å². The minimum atomic E-state index is 0.278. The number of anilines is 1. The number of rotatable bonds is 7. The van der Waals surface area contributed by atoms with Crippen LogP contribution in [-0.2, 0) is 0 Å². The van der Waals surface area contributed by atoms with Crippen molar-refractivity contribution in [3.05, 3.63) is 176 Å². The maximum absolute atomic E-state index is 8.67. The monoisotopic (exact) mass is 652 g/mol. The van der Waals surface area contributed by atoms with Crippen molar-refractivity contribution in [2.45, 2.75) is 45.6 Å². The molecule has 2 aromatic heterocycles. The molecule has 4 nitrogen and oxygen atoms in total. The lowest BCUT2D eigenvalue weighted by molar-refractivity contribution is 0.551. The van der Waals surface area contributed by atoms with E-state index in [1.807, 2.05) is 19.1 Å². The first kappa shape index (κ1) is 32.7. The van der Waals surface area contributed by atoms with Crippen molar-refractivity contribution >= 4 is 44.1 Å². The van der Waals surface area contributed by atoms with Crippen LogP contribution in [0.1, 0.15) is 50.8 Å². The van der Waals surface area contributed by atoms with E-state index in [9.17, 15) is 0 Å². The van der Waals surface area contributed by atoms with E-state index in [2.05, 4.69) is 156 Å². The van der Waals surface area contributed by atoms with Gasteiger partial charge in [0.15, 0.2) is 0 Å². The summed E-state index contributed by atoms with van der Waals surface area (Å²) < 4.78 is 4.95. The molecule has 6 aromatic rings. The Balaban J connectivity index is 0.00000126. The van der Waals surface area contributed by atoms with Crippen molar-refractivity contribution in [2.24, 2.45) is 0 Å². The second-order valence-corrected chi connectivity index (χ2v) is 12.8. The molecule has 0 bridgehead atoms. The van der Waals surface area contributed by atoms with Crippen LogP contribution >= 0.6 is 0 Å². The summed E-state index contributed by atoms with van der Waals surface area (Å²) in [5.41, 5.74) is 11.1. The van der Waals surface area contributed by atoms with E-state index in [1.165, 1.54) is 44.4 Å². The lowest BCUT2D eigenvalue weighted by Crippen LogP contribution is -2.33. The molecule has 2 aliphatic rings. The largest absolute Gasteiger partial charge is 0.332 e. The van der Waals surface area contributed by atoms with Crippen LogP contribution < -0.4 is 4.90 Å². The molecule has 0 spiro atoms. The molecule has 0 fully saturated rings. The Morgan fingerprint density at radius 3 is 2.32 bits per heavy atom. The maximum atomic E-state index is 8.67. The minimum absolute atomic E-state index is 0.278. The molecule has 4 aromatic carbocycles. The molecule has 2 unspecified atom stereocenters. The van der Waals surface area contributed by atoms with Crippen molar-refractivity contribution in [1.82, 2.24) is 9.13 Å². The Hall–Kier alpha value is -5.87. The van der Waals surface area contributed by atoms with Gasteiger partial charge in [0.2, 0.25) is 0 Å². The van der Waals surface area contributed by atoms with Gasteiger partial charge in [0, 0.05) is 44.7 Å². The van der Waals surface area contributed by atoms with E-state index >= 15 is 0 Å². The van der Waals surface area contributed by atoms with Gasteiger partial charge in [-0.2, -0.15) is 0 Å². The summed E-state index contributed by atoms with van der Waals surface area (Å²) in [7, 11) is 0. The van der Waals surface area contributed by atoms with Gasteiger partial charge in [-0.05, 0) is 88.2 Å². The van der Waals surface area contributed by atoms with Gasteiger partial charge in [-0.3, -0.25) is 0 Å². The van der Waals surface area contributed by atoms with Crippen LogP contribution in [0, 0.1) is 5.41 Å². The first-order chi connectivity index (χ1) is 24.6. The predicted octanol–water partition coefficient (Wildman–Crippen LogP) is 12.1. The molecule has 4 heteroatoms. The quantitative estimate of drug-likeness (QED) is 0.104. The van der Waals surface area contributed by atoms with Crippen molar-refractivity contribution in [1.29, 1.82) is 5.41 Å². The SMILES string of the molecule is C=C/C=C\C(=N)c1cccc(-n2c3ccccc3c3c4c(ccc32)c2c(n4-c3ccccc3)C3CCC=CC3N2C(/C=C\C)=C/C)c1.C=CC. The summed E-state index contributed by atoms with van der Waals surface area (Å²) in [6, 6.07) is 32.9. The molecule has 3 heterocycles. The predicted molar refractivity (Wildman–Crippen MR) is 216 cm³/mol. The van der Waals surface area contributed by atoms with E-state index in [0.29, 0.717) is 11.6 Å². The van der Waals surface area contributed by atoms with Crippen molar-refractivity contribution in [3.63, 3.8) is 0 Å². The Bertz CT molecular complexity index is 2370. The molecule has 0 amide bonds. The number of allylic oxidation sites excluding steroid dienone is 8. The average Bonchev–Trinajstić information content (AvgIpc) is 3.79. The molecule has 1 aliphatic carbocycles. The zero-order valence-corrected chi connectivity index (χ0v) is 29.2. The molecular formula is C46H44N4. The average molecular weight is 653 g/mol. The summed E-state index contributed by atoms with van der Waals surface area (Å²) in [4.78, 5) is 2.59. The molecule has 0 radical (unpaired) electrons. The fourth-order valence-electron chi connectivity index (χ4n) is 7.94. The summed E-state index contributed by atoms with van der Waals surface area (Å²) in [5, 5.41) is 12.4. The highest BCUT2D eigenvalue weighted by Crippen LogP contribution is 2.55. The molecule has 248 valence electrons. The third kappa shape index (κ3) is 5.28. The number of benzene rings is 4. The molecule has 2 atom stereocenters. The number of nitrogens with zero attached hydrogens (tertiary/aromatic N) is 3. The molecule has 0 saturated carbocycles. The van der Waals surface area contributed by atoms with Gasteiger partial charge in [0.05, 0.1) is 39.7 Å². The van der Waals surface area contributed by atoms with Gasteiger partial charge < -0.3 is 19.4 Å². The maximum Gasteiger partial charge on any atom is 0.0717 e. The molecule has 8 rings (SSSR count). The third-order valence-electron chi connectivity index (χ3n) is 9.79. The highest BCUT2D eigenvalue weighted by atomic mass is 15.2. The summed E-state index contributed by atoms with van der Waals surface area (Å²) >= 11 is 0. The molecule has 0 saturated heterocycles. The van der Waals surface area contributed by atoms with Crippen LogP contribution in [0.2, 0.25) is 0 Å². The van der Waals surface area contributed by atoms with Gasteiger partial charge in [-0.25, -0.2) is 0 Å². The van der Waals surface area contributed by atoms with E-state index in [0.717, 1.165) is 35.1 Å². The van der Waals surface area contributed by atoms with Crippen LogP contribution in [0.4, 0.5) is 5.69 Å². The van der Waals surface area contributed by atoms with Crippen LogP contribution in [0.5, 0.6) is 0 Å². The summed E-state index contributed by atoms with van der Waals surface area (Å²) in [6.07, 6.45) is 20.7. The number of nitrogens with one attached hydrogen (secondary N) is 1. The normalized spacial score (nSPS) is 17.0. The highest BCUT2D eigenvalue weighted by molar-refractivity contribution is 6.23. The Morgan fingerprint density at radius 1 is 0.800 bits per heavy atom. The Labute approximate surface area is 295 Å². The summed E-state index contributed by atoms with van der Waals surface area (Å²) in [6.45, 7) is 13.3. The van der Waals surface area contributed by atoms with Crippen molar-refractivity contribution < 1.29 is 0 Å². The third-order valence-corrected chi connectivity index (χ3v) is 9.79. The molecule has 1 N–H and O–H groups in total. The highest BCUT2D eigenvalue weighted by Gasteiger charge is 2.44. The van der Waals surface area contributed by atoms with Crippen molar-refractivity contribution in [2.75, 3.05) is 4.90 Å². The fourth-order valence-corrected chi connectivity index (χ4v) is 7.94. The second-order valence-electron chi connectivity index (χ2n) is 12.8. The van der Waals surface area contributed by atoms with Gasteiger partial charge in [-0.1, -0.05) is 97.6 Å². The number of para-hydroxylation sites is 2. The van der Waals surface area contributed by atoms with Gasteiger partial charge in [0.25, 0.3) is 0 Å². The lowest BCUT2D eigenvalue weighted by atomic mass is 9.89. The number of fused-ring (bicyclic) bond motifs is 9. The Morgan fingerprint density at radius 2 is 1.56 bits per heavy atom. The van der Waals surface area contributed by atoms with E-state index in [1.54, 1.807) is 18.2 Å². The summed E-state index contributed by atoms with van der Waals surface area (Å²) in [5.74, 6) is 0.373. The second kappa shape index (κ2) is 13.9. The fraction of sp³-hybridized carbons (Fsp3) is 0.152. The molecular weight excluding hydrogens is 609 g/mol. The first-order valence-corrected chi connectivity index (χ1v) is 17.5. The van der Waals surface area contributed by atoms with Gasteiger partial charge in [0.1, 0.15) is 0 Å². The van der Waals surface area contributed by atoms with E-state index < -0.39 is 0 Å². The smallest absolute Gasteiger partial charge is 0.0717 e. The Kier molecular flexibility index (Phi) is 9.10. The molecule has 50 heavy (non-hydrogen) atoms. The van der Waals surface area contributed by atoms with E-state index in [4.69, 9.17) is 5.41 Å². The zero-order chi connectivity index (χ0) is 34.8. The van der Waals surface area contributed by atoms with Gasteiger partial charge in [-0.15, -0.1) is 6.58 Å². The topological polar surface area (TPSA) is 37.0 Å². The van der Waals surface area contributed by atoms with Crippen molar-refractivity contribution in [3.8, 4) is 11.4 Å². The first-order valence-electron chi connectivity index (χ1n) is 17.5. The standard InChI is InChI=1S/C43H38N4.C3H6/c1-4-7-23-36(44)29-17-15-20-32(28-29)45-37-24-13-11-21-33(37)40-39(45)27-26-35-41(40)47(31-18-9-8-10-19-31)42-34-22-12-14-25-38(34)46(43(35)42)30(6-3)16-5-2;1-3-2/h4-11,13-21,23-28,34,38,44H,1,12,22H2,2-3H3;3H,1H2,2H3/b16-5-,23-7-,30-6+,44-36?;. The molecule has 1 aliphatic heterocycles. The number of aromatic nitrogens is 2. The lowest BCUT2D eigenvalue weighted by Gasteiger charge is -2.32.